The molecule has 0 aromatic heterocycles. The summed E-state index contributed by atoms with van der Waals surface area (Å²) in [5, 5.41) is 0.882. The van der Waals surface area contributed by atoms with Gasteiger partial charge < -0.3 is 14.2 Å². The van der Waals surface area contributed by atoms with Crippen LogP contribution < -0.4 is 14.7 Å². The molecule has 3 radical (unpaired) electrons. The second kappa shape index (κ2) is 10.1. The van der Waals surface area contributed by atoms with Gasteiger partial charge in [0, 0.05) is 6.08 Å². The van der Waals surface area contributed by atoms with Crippen molar-refractivity contribution in [1.82, 2.24) is 0 Å². The van der Waals surface area contributed by atoms with Crippen LogP contribution in [0.3, 0.4) is 0 Å². The van der Waals surface area contributed by atoms with Gasteiger partial charge in [0.1, 0.15) is 0 Å². The lowest BCUT2D eigenvalue weighted by atomic mass is 10.0. The minimum atomic E-state index is -0.355. The smallest absolute Gasteiger partial charge is 0.330 e. The largest absolute Gasteiger partial charge is 0.493 e. The summed E-state index contributed by atoms with van der Waals surface area (Å²) >= 11 is 0. The summed E-state index contributed by atoms with van der Waals surface area (Å²) < 4.78 is 15.8. The number of hydrogen-bond acceptors (Lipinski definition) is 4. The van der Waals surface area contributed by atoms with Gasteiger partial charge in [0.05, 0.1) is 31.1 Å². The number of aryl methyl sites for hydroxylation is 1. The maximum absolute atomic E-state index is 10.9. The van der Waals surface area contributed by atoms with E-state index in [2.05, 4.69) is 22.9 Å². The fourth-order valence-corrected chi connectivity index (χ4v) is 2.53. The summed E-state index contributed by atoms with van der Waals surface area (Å²) in [5.41, 5.74) is 1.14. The first-order valence-electron chi connectivity index (χ1n) is 7.38. The molecule has 0 spiro atoms. The van der Waals surface area contributed by atoms with Gasteiger partial charge in [0.2, 0.25) is 0 Å². The van der Waals surface area contributed by atoms with Gasteiger partial charge in [-0.05, 0) is 30.0 Å². The third-order valence-corrected chi connectivity index (χ3v) is 3.75. The van der Waals surface area contributed by atoms with Crippen molar-refractivity contribution in [2.45, 2.75) is 32.1 Å². The number of ether oxygens (including phenoxy) is 3. The second-order valence-electron chi connectivity index (χ2n) is 4.87. The third-order valence-electron chi connectivity index (χ3n) is 3.35. The lowest BCUT2D eigenvalue weighted by Crippen LogP contribution is -2.10. The van der Waals surface area contributed by atoms with Crippen molar-refractivity contribution >= 4 is 21.4 Å². The second-order valence-corrected chi connectivity index (χ2v) is 5.41. The van der Waals surface area contributed by atoms with Gasteiger partial charge in [-0.15, -0.1) is 0 Å². The molecular weight excluding hydrogens is 296 g/mol. The first-order valence-corrected chi connectivity index (χ1v) is 7.88. The predicted molar refractivity (Wildman–Crippen MR) is 88.3 cm³/mol. The lowest BCUT2D eigenvalue weighted by molar-refractivity contribution is -0.137. The van der Waals surface area contributed by atoms with Gasteiger partial charge in [0.25, 0.3) is 0 Å². The van der Waals surface area contributed by atoms with Crippen molar-refractivity contribution in [3.63, 3.8) is 0 Å². The van der Waals surface area contributed by atoms with E-state index in [0.29, 0.717) is 6.61 Å². The average Bonchev–Trinajstić information content (AvgIpc) is 2.54. The molecule has 1 aromatic carbocycles. The van der Waals surface area contributed by atoms with Crippen LogP contribution in [0, 0.1) is 0 Å². The van der Waals surface area contributed by atoms with Gasteiger partial charge in [-0.2, -0.15) is 0 Å². The van der Waals surface area contributed by atoms with E-state index in [4.69, 9.17) is 14.2 Å². The van der Waals surface area contributed by atoms with E-state index in [1.54, 1.807) is 14.2 Å². The number of benzene rings is 1. The quantitative estimate of drug-likeness (QED) is 0.287. The molecule has 0 saturated carbocycles. The van der Waals surface area contributed by atoms with E-state index >= 15 is 0 Å². The standard InChI is InChI=1S/C17H23O4Si/c1-4-15(18)21-12-8-6-5-7-9-13-10-11-14(22)17(20-3)16(13)19-2/h4,10-11H,1,5-9,12H2,2-3H3. The highest BCUT2D eigenvalue weighted by Crippen LogP contribution is 2.29. The van der Waals surface area contributed by atoms with Crippen molar-refractivity contribution in [3.8, 4) is 11.5 Å². The summed E-state index contributed by atoms with van der Waals surface area (Å²) in [6.07, 6.45) is 6.15. The predicted octanol–water partition coefficient (Wildman–Crippen LogP) is 2.33. The van der Waals surface area contributed by atoms with Gasteiger partial charge in [-0.1, -0.05) is 31.6 Å². The van der Waals surface area contributed by atoms with Crippen LogP contribution in [-0.4, -0.2) is 37.0 Å². The number of esters is 1. The molecule has 0 aliphatic rings. The van der Waals surface area contributed by atoms with Gasteiger partial charge in [0.15, 0.2) is 11.5 Å². The Balaban J connectivity index is 2.36. The Kier molecular flexibility index (Phi) is 8.36. The number of rotatable bonds is 10. The number of carbonyl (C=O) groups excluding carboxylic acids is 1. The van der Waals surface area contributed by atoms with Crippen molar-refractivity contribution in [2.24, 2.45) is 0 Å². The number of carbonyl (C=O) groups is 1. The van der Waals surface area contributed by atoms with Gasteiger partial charge in [-0.25, -0.2) is 4.79 Å². The minimum absolute atomic E-state index is 0.355. The summed E-state index contributed by atoms with van der Waals surface area (Å²) in [6.45, 7) is 3.82. The normalized spacial score (nSPS) is 10.1. The van der Waals surface area contributed by atoms with E-state index in [1.807, 2.05) is 6.07 Å². The van der Waals surface area contributed by atoms with Crippen LogP contribution >= 0.6 is 0 Å². The van der Waals surface area contributed by atoms with E-state index in [9.17, 15) is 4.79 Å². The third kappa shape index (κ3) is 5.56. The Bertz CT molecular complexity index is 500. The number of methoxy groups -OCH3 is 2. The van der Waals surface area contributed by atoms with Crippen molar-refractivity contribution in [3.05, 3.63) is 30.4 Å². The van der Waals surface area contributed by atoms with Crippen LogP contribution in [0.5, 0.6) is 11.5 Å². The van der Waals surface area contributed by atoms with Crippen LogP contribution in [0.4, 0.5) is 0 Å². The lowest BCUT2D eigenvalue weighted by Gasteiger charge is -2.14. The molecule has 0 aliphatic carbocycles. The summed E-state index contributed by atoms with van der Waals surface area (Å²) in [5.74, 6) is 1.16. The molecule has 0 fully saturated rings. The van der Waals surface area contributed by atoms with Crippen LogP contribution in [0.1, 0.15) is 31.2 Å². The van der Waals surface area contributed by atoms with E-state index in [1.165, 1.54) is 6.08 Å². The molecule has 0 saturated heterocycles. The Hall–Kier alpha value is -1.75. The molecule has 1 aromatic rings. The molecule has 0 heterocycles. The average molecular weight is 319 g/mol. The first kappa shape index (κ1) is 18.3. The molecule has 0 amide bonds. The van der Waals surface area contributed by atoms with Gasteiger partial charge in [-0.3, -0.25) is 0 Å². The van der Waals surface area contributed by atoms with Crippen LogP contribution in [0.2, 0.25) is 0 Å². The number of hydrogen-bond donors (Lipinski definition) is 0. The fourth-order valence-electron chi connectivity index (χ4n) is 2.23. The SMILES string of the molecule is C=CC(=O)OCCCCCCc1ccc([Si])c(OC)c1OC. The molecule has 119 valence electrons. The molecule has 4 nitrogen and oxygen atoms in total. The van der Waals surface area contributed by atoms with Crippen molar-refractivity contribution in [1.29, 1.82) is 0 Å². The Morgan fingerprint density at radius 3 is 2.45 bits per heavy atom. The Morgan fingerprint density at radius 1 is 1.14 bits per heavy atom. The molecule has 0 N–H and O–H groups in total. The topological polar surface area (TPSA) is 44.8 Å². The highest BCUT2D eigenvalue weighted by molar-refractivity contribution is 6.34. The first-order chi connectivity index (χ1) is 10.6. The Morgan fingerprint density at radius 2 is 1.82 bits per heavy atom. The highest BCUT2D eigenvalue weighted by atomic mass is 28.1. The zero-order valence-corrected chi connectivity index (χ0v) is 14.3. The summed E-state index contributed by atoms with van der Waals surface area (Å²) in [6, 6.07) is 4.03. The van der Waals surface area contributed by atoms with Crippen LogP contribution in [-0.2, 0) is 16.0 Å². The fraction of sp³-hybridized carbons (Fsp3) is 0.471. The highest BCUT2D eigenvalue weighted by Gasteiger charge is 2.12. The van der Waals surface area contributed by atoms with Gasteiger partial charge >= 0.3 is 5.97 Å². The summed E-state index contributed by atoms with van der Waals surface area (Å²) in [7, 11) is 6.80. The molecule has 22 heavy (non-hydrogen) atoms. The van der Waals surface area contributed by atoms with E-state index < -0.39 is 0 Å². The molecule has 1 rings (SSSR count). The van der Waals surface area contributed by atoms with Crippen LogP contribution in [0.15, 0.2) is 24.8 Å². The minimum Gasteiger partial charge on any atom is -0.493 e. The molecule has 0 aliphatic heterocycles. The maximum atomic E-state index is 10.9. The molecule has 5 heteroatoms. The molecule has 0 unspecified atom stereocenters. The number of unbranched alkanes of at least 4 members (excludes halogenated alkanes) is 3. The molecule has 0 bridgehead atoms. The zero-order chi connectivity index (χ0) is 16.4. The Labute approximate surface area is 135 Å². The van der Waals surface area contributed by atoms with E-state index in [0.717, 1.165) is 54.4 Å². The monoisotopic (exact) mass is 319 g/mol. The molecule has 0 atom stereocenters. The maximum Gasteiger partial charge on any atom is 0.330 e. The van der Waals surface area contributed by atoms with E-state index in [-0.39, 0.29) is 5.97 Å². The summed E-state index contributed by atoms with van der Waals surface area (Å²) in [4.78, 5) is 10.9. The molecular formula is C17H23O4Si. The zero-order valence-electron chi connectivity index (χ0n) is 13.3. The van der Waals surface area contributed by atoms with Crippen molar-refractivity contribution < 1.29 is 19.0 Å². The van der Waals surface area contributed by atoms with Crippen LogP contribution in [0.25, 0.3) is 0 Å². The van der Waals surface area contributed by atoms with Crippen molar-refractivity contribution in [2.75, 3.05) is 20.8 Å².